The van der Waals surface area contributed by atoms with Crippen LogP contribution in [0.5, 0.6) is 5.75 Å². The first kappa shape index (κ1) is 19.8. The molecule has 3 aromatic rings. The van der Waals surface area contributed by atoms with Gasteiger partial charge in [0.2, 0.25) is 0 Å². The van der Waals surface area contributed by atoms with Gasteiger partial charge in [-0.15, -0.1) is 0 Å². The highest BCUT2D eigenvalue weighted by atomic mass is 16.5. The average Bonchev–Trinajstić information content (AvgIpc) is 3.19. The number of ketones is 1. The Labute approximate surface area is 189 Å². The Kier molecular flexibility index (Phi) is 4.55. The summed E-state index contributed by atoms with van der Waals surface area (Å²) in [6, 6.07) is 16.7. The second kappa shape index (κ2) is 7.35. The van der Waals surface area contributed by atoms with E-state index in [4.69, 9.17) is 4.74 Å². The molecular formula is C28H30N2O2. The van der Waals surface area contributed by atoms with Gasteiger partial charge in [0.15, 0.2) is 5.78 Å². The van der Waals surface area contributed by atoms with Crippen LogP contribution in [0, 0.1) is 11.8 Å². The van der Waals surface area contributed by atoms with Gasteiger partial charge in [-0.25, -0.2) is 0 Å². The number of para-hydroxylation sites is 1. The number of hydrogen-bond acceptors (Lipinski definition) is 3. The number of aromatic nitrogens is 1. The molecule has 1 aliphatic carbocycles. The fourth-order valence-corrected chi connectivity index (χ4v) is 6.51. The van der Waals surface area contributed by atoms with Crippen LogP contribution >= 0.6 is 0 Å². The lowest BCUT2D eigenvalue weighted by Gasteiger charge is -2.54. The Balaban J connectivity index is 1.30. The Bertz CT molecular complexity index is 1240. The van der Waals surface area contributed by atoms with Crippen molar-refractivity contribution in [3.8, 4) is 5.75 Å². The van der Waals surface area contributed by atoms with Gasteiger partial charge in [0, 0.05) is 36.1 Å². The molecule has 3 heterocycles. The molecule has 32 heavy (non-hydrogen) atoms. The van der Waals surface area contributed by atoms with E-state index in [0.29, 0.717) is 24.0 Å². The molecule has 0 radical (unpaired) electrons. The van der Waals surface area contributed by atoms with E-state index in [0.717, 1.165) is 49.2 Å². The minimum absolute atomic E-state index is 0.0118. The van der Waals surface area contributed by atoms with Crippen LogP contribution in [0.15, 0.2) is 54.1 Å². The molecule has 1 N–H and O–H groups in total. The van der Waals surface area contributed by atoms with Crippen LogP contribution < -0.4 is 4.74 Å². The number of carbonyl (C=O) groups is 1. The van der Waals surface area contributed by atoms with Crippen molar-refractivity contribution in [2.45, 2.75) is 38.1 Å². The van der Waals surface area contributed by atoms with E-state index in [-0.39, 0.29) is 5.54 Å². The molecule has 1 saturated carbocycles. The Hall–Kier alpha value is -2.85. The van der Waals surface area contributed by atoms with E-state index in [1.807, 2.05) is 18.2 Å². The highest BCUT2D eigenvalue weighted by molar-refractivity contribution is 6.00. The molecule has 0 bridgehead atoms. The summed E-state index contributed by atoms with van der Waals surface area (Å²) in [7, 11) is 1.68. The smallest absolute Gasteiger partial charge is 0.159 e. The van der Waals surface area contributed by atoms with Crippen molar-refractivity contribution in [2.75, 3.05) is 20.2 Å². The van der Waals surface area contributed by atoms with E-state index in [1.54, 1.807) is 7.11 Å². The zero-order chi connectivity index (χ0) is 21.9. The summed E-state index contributed by atoms with van der Waals surface area (Å²) in [5.74, 6) is 2.14. The molecule has 2 aromatic carbocycles. The molecule has 6 rings (SSSR count). The first-order valence-corrected chi connectivity index (χ1v) is 11.8. The molecule has 3 atom stereocenters. The molecule has 164 valence electrons. The lowest BCUT2D eigenvalue weighted by atomic mass is 9.65. The molecule has 1 saturated heterocycles. The van der Waals surface area contributed by atoms with Gasteiger partial charge >= 0.3 is 0 Å². The number of rotatable bonds is 2. The number of Topliss-reactive ketones (excluding diaryl/α,β-unsaturated/α-hetero) is 1. The van der Waals surface area contributed by atoms with Crippen molar-refractivity contribution >= 4 is 22.8 Å². The number of allylic oxidation sites excluding steroid dienone is 1. The number of nitrogens with zero attached hydrogens (tertiary/aromatic N) is 1. The SMILES string of the molecule is COc1cccc(/C=C2\CC3CN4CCc5c([nH]c6ccccc56)[C@]4(C)CC3CC2=O)c1. The number of piperidine rings is 1. The fraction of sp³-hybridized carbons (Fsp3) is 0.393. The minimum atomic E-state index is -0.0118. The van der Waals surface area contributed by atoms with Crippen molar-refractivity contribution < 1.29 is 9.53 Å². The van der Waals surface area contributed by atoms with Crippen molar-refractivity contribution in [3.05, 3.63) is 70.9 Å². The van der Waals surface area contributed by atoms with Crippen LogP contribution in [0.25, 0.3) is 17.0 Å². The maximum Gasteiger partial charge on any atom is 0.159 e. The molecule has 1 aromatic heterocycles. The van der Waals surface area contributed by atoms with Gasteiger partial charge in [0.25, 0.3) is 0 Å². The quantitative estimate of drug-likeness (QED) is 0.563. The average molecular weight is 427 g/mol. The standard InChI is InChI=1S/C28H30N2O2/c1-28-16-20-15-26(31)19(12-18-6-5-7-22(13-18)32-2)14-21(20)17-30(28)11-10-24-23-8-3-4-9-25(23)29-27(24)28/h3-9,12-13,20-21,29H,10-11,14-17H2,1-2H3/b19-12+/t20?,21?,28-/m0/s1. The third kappa shape index (κ3) is 3.04. The second-order valence-electron chi connectivity index (χ2n) is 10.00. The maximum atomic E-state index is 13.1. The van der Waals surface area contributed by atoms with Crippen LogP contribution in [0.2, 0.25) is 0 Å². The van der Waals surface area contributed by atoms with E-state index < -0.39 is 0 Å². The van der Waals surface area contributed by atoms with Crippen LogP contribution in [0.4, 0.5) is 0 Å². The zero-order valence-electron chi connectivity index (χ0n) is 18.9. The number of H-pyrrole nitrogens is 1. The molecule has 4 nitrogen and oxygen atoms in total. The number of ether oxygens (including phenoxy) is 1. The van der Waals surface area contributed by atoms with E-state index in [1.165, 1.54) is 22.2 Å². The summed E-state index contributed by atoms with van der Waals surface area (Å²) in [5.41, 5.74) is 6.12. The van der Waals surface area contributed by atoms with Crippen molar-refractivity contribution in [1.82, 2.24) is 9.88 Å². The number of benzene rings is 2. The zero-order valence-corrected chi connectivity index (χ0v) is 18.9. The Morgan fingerprint density at radius 3 is 2.88 bits per heavy atom. The summed E-state index contributed by atoms with van der Waals surface area (Å²) in [6.45, 7) is 4.55. The van der Waals surface area contributed by atoms with E-state index in [9.17, 15) is 4.79 Å². The summed E-state index contributed by atoms with van der Waals surface area (Å²) >= 11 is 0. The topological polar surface area (TPSA) is 45.3 Å². The summed E-state index contributed by atoms with van der Waals surface area (Å²) in [6.07, 6.45) is 5.78. The Morgan fingerprint density at radius 1 is 1.12 bits per heavy atom. The predicted octanol–water partition coefficient (Wildman–Crippen LogP) is 5.33. The predicted molar refractivity (Wildman–Crippen MR) is 128 cm³/mol. The maximum absolute atomic E-state index is 13.1. The number of carbonyl (C=O) groups excluding carboxylic acids is 1. The largest absolute Gasteiger partial charge is 0.497 e. The molecule has 2 aliphatic heterocycles. The number of nitrogens with one attached hydrogen (secondary N) is 1. The lowest BCUT2D eigenvalue weighted by Crippen LogP contribution is -2.57. The molecule has 3 aliphatic rings. The molecular weight excluding hydrogens is 396 g/mol. The fourth-order valence-electron chi connectivity index (χ4n) is 6.51. The Morgan fingerprint density at radius 2 is 2.00 bits per heavy atom. The first-order chi connectivity index (χ1) is 15.5. The van der Waals surface area contributed by atoms with Crippen molar-refractivity contribution in [3.63, 3.8) is 0 Å². The number of hydrogen-bond donors (Lipinski definition) is 1. The highest BCUT2D eigenvalue weighted by Crippen LogP contribution is 2.50. The van der Waals surface area contributed by atoms with Gasteiger partial charge in [-0.3, -0.25) is 9.69 Å². The van der Waals surface area contributed by atoms with Gasteiger partial charge in [-0.2, -0.15) is 0 Å². The third-order valence-electron chi connectivity index (χ3n) is 8.19. The van der Waals surface area contributed by atoms with Crippen LogP contribution in [0.1, 0.15) is 43.0 Å². The normalized spacial score (nSPS) is 28.9. The first-order valence-electron chi connectivity index (χ1n) is 11.8. The van der Waals surface area contributed by atoms with Gasteiger partial charge < -0.3 is 9.72 Å². The summed E-state index contributed by atoms with van der Waals surface area (Å²) in [4.78, 5) is 19.6. The summed E-state index contributed by atoms with van der Waals surface area (Å²) in [5, 5.41) is 1.37. The van der Waals surface area contributed by atoms with Crippen LogP contribution in [-0.2, 0) is 16.8 Å². The molecule has 2 unspecified atom stereocenters. The third-order valence-corrected chi connectivity index (χ3v) is 8.19. The van der Waals surface area contributed by atoms with Crippen molar-refractivity contribution in [1.29, 1.82) is 0 Å². The molecule has 4 heteroatoms. The molecule has 0 spiro atoms. The van der Waals surface area contributed by atoms with Gasteiger partial charge in [-0.1, -0.05) is 30.3 Å². The van der Waals surface area contributed by atoms with Crippen molar-refractivity contribution in [2.24, 2.45) is 11.8 Å². The number of fused-ring (bicyclic) bond motifs is 6. The van der Waals surface area contributed by atoms with Gasteiger partial charge in [-0.05, 0) is 79.0 Å². The summed E-state index contributed by atoms with van der Waals surface area (Å²) < 4.78 is 5.35. The number of methoxy groups -OCH3 is 1. The van der Waals surface area contributed by atoms with Gasteiger partial charge in [0.1, 0.15) is 5.75 Å². The van der Waals surface area contributed by atoms with Gasteiger partial charge in [0.05, 0.1) is 12.6 Å². The van der Waals surface area contributed by atoms with Crippen LogP contribution in [-0.4, -0.2) is 35.9 Å². The monoisotopic (exact) mass is 426 g/mol. The number of aromatic amines is 1. The van der Waals surface area contributed by atoms with E-state index >= 15 is 0 Å². The second-order valence-corrected chi connectivity index (χ2v) is 10.00. The van der Waals surface area contributed by atoms with E-state index in [2.05, 4.69) is 53.2 Å². The van der Waals surface area contributed by atoms with Crippen LogP contribution in [0.3, 0.4) is 0 Å². The molecule has 2 fully saturated rings. The minimum Gasteiger partial charge on any atom is -0.497 e. The highest BCUT2D eigenvalue weighted by Gasteiger charge is 2.49. The molecule has 0 amide bonds. The lowest BCUT2D eigenvalue weighted by molar-refractivity contribution is -0.121.